The summed E-state index contributed by atoms with van der Waals surface area (Å²) in [6.45, 7) is 6.34. The van der Waals surface area contributed by atoms with Crippen molar-refractivity contribution in [2.75, 3.05) is 5.32 Å². The molecule has 0 aliphatic carbocycles. The van der Waals surface area contributed by atoms with Gasteiger partial charge in [0.2, 0.25) is 5.91 Å². The molecule has 1 heterocycles. The summed E-state index contributed by atoms with van der Waals surface area (Å²) < 4.78 is 1.85. The molecule has 2 aromatic carbocycles. The van der Waals surface area contributed by atoms with E-state index < -0.39 is 0 Å². The summed E-state index contributed by atoms with van der Waals surface area (Å²) in [5.41, 5.74) is 3.38. The van der Waals surface area contributed by atoms with Crippen LogP contribution in [0.25, 0.3) is 5.69 Å². The van der Waals surface area contributed by atoms with E-state index in [0.29, 0.717) is 5.02 Å². The standard InChI is InChI=1S/C21H22ClN3O/c1-21(2,3)19-13-18(25(24-19)17-7-5-4-6-8-17)14-20(26)23-16-11-9-15(22)10-12-16/h4-13H,14H2,1-3H3,(H,23,26). The molecule has 26 heavy (non-hydrogen) atoms. The Morgan fingerprint density at radius 3 is 2.35 bits per heavy atom. The Kier molecular flexibility index (Phi) is 5.14. The van der Waals surface area contributed by atoms with Crippen LogP contribution in [0.4, 0.5) is 5.69 Å². The number of halogens is 1. The van der Waals surface area contributed by atoms with Crippen LogP contribution in [0.5, 0.6) is 0 Å². The van der Waals surface area contributed by atoms with Gasteiger partial charge in [-0.2, -0.15) is 5.10 Å². The smallest absolute Gasteiger partial charge is 0.230 e. The van der Waals surface area contributed by atoms with Gasteiger partial charge in [-0.3, -0.25) is 4.79 Å². The predicted octanol–water partition coefficient (Wildman–Crippen LogP) is 5.00. The molecule has 0 unspecified atom stereocenters. The van der Waals surface area contributed by atoms with Gasteiger partial charge in [0.05, 0.1) is 23.5 Å². The SMILES string of the molecule is CC(C)(C)c1cc(CC(=O)Nc2ccc(Cl)cc2)n(-c2ccccc2)n1. The number of rotatable bonds is 4. The molecular weight excluding hydrogens is 346 g/mol. The second-order valence-electron chi connectivity index (χ2n) is 7.25. The van der Waals surface area contributed by atoms with Gasteiger partial charge in [-0.15, -0.1) is 0 Å². The van der Waals surface area contributed by atoms with E-state index in [-0.39, 0.29) is 17.7 Å². The van der Waals surface area contributed by atoms with Crippen LogP contribution in [0.1, 0.15) is 32.2 Å². The normalized spacial score (nSPS) is 11.4. The van der Waals surface area contributed by atoms with Crippen molar-refractivity contribution in [2.45, 2.75) is 32.6 Å². The summed E-state index contributed by atoms with van der Waals surface area (Å²) in [5, 5.41) is 8.29. The van der Waals surface area contributed by atoms with Crippen LogP contribution < -0.4 is 5.32 Å². The molecule has 1 amide bonds. The Balaban J connectivity index is 1.87. The van der Waals surface area contributed by atoms with Crippen molar-refractivity contribution in [3.8, 4) is 5.69 Å². The van der Waals surface area contributed by atoms with Crippen LogP contribution in [0.2, 0.25) is 5.02 Å². The second-order valence-corrected chi connectivity index (χ2v) is 7.69. The first kappa shape index (κ1) is 18.2. The van der Waals surface area contributed by atoms with Crippen LogP contribution in [0, 0.1) is 0 Å². The minimum absolute atomic E-state index is 0.0927. The first-order valence-corrected chi connectivity index (χ1v) is 8.91. The third kappa shape index (κ3) is 4.33. The molecule has 0 aliphatic rings. The van der Waals surface area contributed by atoms with Gasteiger partial charge in [0, 0.05) is 16.1 Å². The maximum Gasteiger partial charge on any atom is 0.230 e. The van der Waals surface area contributed by atoms with Crippen molar-refractivity contribution in [2.24, 2.45) is 0 Å². The van der Waals surface area contributed by atoms with E-state index in [1.807, 2.05) is 41.1 Å². The zero-order valence-corrected chi connectivity index (χ0v) is 15.9. The largest absolute Gasteiger partial charge is 0.326 e. The second kappa shape index (κ2) is 7.34. The first-order chi connectivity index (χ1) is 12.3. The number of hydrogen-bond acceptors (Lipinski definition) is 2. The number of anilines is 1. The molecule has 0 fully saturated rings. The highest BCUT2D eigenvalue weighted by atomic mass is 35.5. The summed E-state index contributed by atoms with van der Waals surface area (Å²) in [4.78, 5) is 12.5. The van der Waals surface area contributed by atoms with Gasteiger partial charge < -0.3 is 5.32 Å². The van der Waals surface area contributed by atoms with Crippen LogP contribution in [0.3, 0.4) is 0 Å². The van der Waals surface area contributed by atoms with Gasteiger partial charge in [-0.25, -0.2) is 4.68 Å². The average Bonchev–Trinajstić information content (AvgIpc) is 3.02. The first-order valence-electron chi connectivity index (χ1n) is 8.53. The number of nitrogens with zero attached hydrogens (tertiary/aromatic N) is 2. The number of amides is 1. The van der Waals surface area contributed by atoms with E-state index in [1.54, 1.807) is 24.3 Å². The monoisotopic (exact) mass is 367 g/mol. The maximum atomic E-state index is 12.5. The summed E-state index contributed by atoms with van der Waals surface area (Å²) in [6.07, 6.45) is 0.237. The average molecular weight is 368 g/mol. The number of carbonyl (C=O) groups excluding carboxylic acids is 1. The summed E-state index contributed by atoms with van der Waals surface area (Å²) >= 11 is 5.89. The quantitative estimate of drug-likeness (QED) is 0.705. The Bertz CT molecular complexity index is 893. The molecule has 5 heteroatoms. The van der Waals surface area contributed by atoms with E-state index in [4.69, 9.17) is 16.7 Å². The molecule has 0 saturated heterocycles. The lowest BCUT2D eigenvalue weighted by atomic mass is 9.92. The van der Waals surface area contributed by atoms with Gasteiger partial charge in [-0.1, -0.05) is 50.6 Å². The Morgan fingerprint density at radius 2 is 1.73 bits per heavy atom. The molecule has 134 valence electrons. The minimum atomic E-state index is -0.0958. The molecule has 0 spiro atoms. The molecule has 1 N–H and O–H groups in total. The molecule has 4 nitrogen and oxygen atoms in total. The van der Waals surface area contributed by atoms with E-state index in [9.17, 15) is 4.79 Å². The Morgan fingerprint density at radius 1 is 1.08 bits per heavy atom. The van der Waals surface area contributed by atoms with Crippen molar-refractivity contribution in [1.82, 2.24) is 9.78 Å². The lowest BCUT2D eigenvalue weighted by molar-refractivity contribution is -0.115. The molecule has 3 aromatic rings. The summed E-state index contributed by atoms with van der Waals surface area (Å²) in [7, 11) is 0. The topological polar surface area (TPSA) is 46.9 Å². The summed E-state index contributed by atoms with van der Waals surface area (Å²) in [5.74, 6) is -0.0927. The van der Waals surface area contributed by atoms with Gasteiger partial charge in [0.25, 0.3) is 0 Å². The molecule has 0 bridgehead atoms. The van der Waals surface area contributed by atoms with Crippen molar-refractivity contribution < 1.29 is 4.79 Å². The third-order valence-electron chi connectivity index (χ3n) is 4.02. The molecule has 3 rings (SSSR count). The predicted molar refractivity (Wildman–Crippen MR) is 106 cm³/mol. The number of hydrogen-bond donors (Lipinski definition) is 1. The fourth-order valence-electron chi connectivity index (χ4n) is 2.61. The summed E-state index contributed by atoms with van der Waals surface area (Å²) in [6, 6.07) is 19.0. The molecule has 1 aromatic heterocycles. The van der Waals surface area contributed by atoms with Crippen molar-refractivity contribution in [3.05, 3.63) is 77.1 Å². The molecule has 0 aliphatic heterocycles. The Hall–Kier alpha value is -2.59. The van der Waals surface area contributed by atoms with E-state index >= 15 is 0 Å². The zero-order valence-electron chi connectivity index (χ0n) is 15.2. The van der Waals surface area contributed by atoms with E-state index in [2.05, 4.69) is 26.1 Å². The lowest BCUT2D eigenvalue weighted by Gasteiger charge is -2.14. The zero-order chi connectivity index (χ0) is 18.7. The van der Waals surface area contributed by atoms with Crippen molar-refractivity contribution in [3.63, 3.8) is 0 Å². The van der Waals surface area contributed by atoms with Crippen molar-refractivity contribution in [1.29, 1.82) is 0 Å². The maximum absolute atomic E-state index is 12.5. The lowest BCUT2D eigenvalue weighted by Crippen LogP contribution is -2.16. The highest BCUT2D eigenvalue weighted by molar-refractivity contribution is 6.30. The van der Waals surface area contributed by atoms with Gasteiger partial charge in [0.1, 0.15) is 0 Å². The van der Waals surface area contributed by atoms with Gasteiger partial charge >= 0.3 is 0 Å². The van der Waals surface area contributed by atoms with Gasteiger partial charge in [-0.05, 0) is 42.5 Å². The number of aromatic nitrogens is 2. The molecule has 0 atom stereocenters. The van der Waals surface area contributed by atoms with Gasteiger partial charge in [0.15, 0.2) is 0 Å². The van der Waals surface area contributed by atoms with E-state index in [1.165, 1.54) is 0 Å². The van der Waals surface area contributed by atoms with Crippen molar-refractivity contribution >= 4 is 23.2 Å². The number of para-hydroxylation sites is 1. The highest BCUT2D eigenvalue weighted by Crippen LogP contribution is 2.24. The van der Waals surface area contributed by atoms with Crippen LogP contribution in [0.15, 0.2) is 60.7 Å². The number of carbonyl (C=O) groups is 1. The Labute approximate surface area is 158 Å². The molecule has 0 saturated carbocycles. The third-order valence-corrected chi connectivity index (χ3v) is 4.27. The highest BCUT2D eigenvalue weighted by Gasteiger charge is 2.21. The minimum Gasteiger partial charge on any atom is -0.326 e. The van der Waals surface area contributed by atoms with E-state index in [0.717, 1.165) is 22.8 Å². The number of benzene rings is 2. The number of nitrogens with one attached hydrogen (secondary N) is 1. The van der Waals surface area contributed by atoms with Crippen LogP contribution in [-0.4, -0.2) is 15.7 Å². The van der Waals surface area contributed by atoms with Crippen LogP contribution >= 0.6 is 11.6 Å². The fraction of sp³-hybridized carbons (Fsp3) is 0.238. The van der Waals surface area contributed by atoms with Crippen LogP contribution in [-0.2, 0) is 16.6 Å². The molecular formula is C21H22ClN3O. The fourth-order valence-corrected chi connectivity index (χ4v) is 2.73. The molecule has 0 radical (unpaired) electrons.